The summed E-state index contributed by atoms with van der Waals surface area (Å²) in [6.07, 6.45) is 1.41. The first kappa shape index (κ1) is 24.2. The van der Waals surface area contributed by atoms with Crippen LogP contribution in [0.15, 0.2) is 0 Å². The lowest BCUT2D eigenvalue weighted by Crippen LogP contribution is -2.26. The average Bonchev–Trinajstić information content (AvgIpc) is 2.49. The Morgan fingerprint density at radius 2 is 1.27 bits per heavy atom. The smallest absolute Gasteiger partial charge is 0.316 e. The fourth-order valence-corrected chi connectivity index (χ4v) is 2.26. The van der Waals surface area contributed by atoms with Crippen molar-refractivity contribution in [3.63, 3.8) is 0 Å². The summed E-state index contributed by atoms with van der Waals surface area (Å²) in [6.45, 7) is 2.62. The topological polar surface area (TPSA) is 127 Å². The van der Waals surface area contributed by atoms with Crippen LogP contribution in [-0.4, -0.2) is 52.7 Å². The highest BCUT2D eigenvalue weighted by molar-refractivity contribution is 5.95. The van der Waals surface area contributed by atoms with E-state index in [1.54, 1.807) is 0 Å². The summed E-state index contributed by atoms with van der Waals surface area (Å²) in [5.41, 5.74) is 0. The van der Waals surface area contributed by atoms with Gasteiger partial charge in [-0.25, -0.2) is 0 Å². The van der Waals surface area contributed by atoms with Crippen LogP contribution in [0, 0.1) is 0 Å². The van der Waals surface area contributed by atoms with Crippen LogP contribution in [0.25, 0.3) is 0 Å². The van der Waals surface area contributed by atoms with Gasteiger partial charge in [-0.1, -0.05) is 12.8 Å². The molecular weight excluding hydrogens is 344 g/mol. The van der Waals surface area contributed by atoms with Crippen LogP contribution in [0.5, 0.6) is 0 Å². The summed E-state index contributed by atoms with van der Waals surface area (Å²) < 4.78 is 9.97. The average molecular weight is 374 g/mol. The second kappa shape index (κ2) is 14.4. The molecule has 0 aromatic carbocycles. The number of ketones is 2. The number of Topliss-reactive ketones (excluding diaryl/α,β-unsaturated/α-hetero) is 2. The van der Waals surface area contributed by atoms with Crippen LogP contribution in [0.1, 0.15) is 71.6 Å². The van der Waals surface area contributed by atoms with E-state index in [-0.39, 0.29) is 24.6 Å². The predicted octanol–water partition coefficient (Wildman–Crippen LogP) is 1.44. The Morgan fingerprint density at radius 3 is 1.73 bits per heavy atom. The fraction of sp³-hybridized carbons (Fsp3) is 0.778. The Morgan fingerprint density at radius 1 is 0.769 bits per heavy atom. The van der Waals surface area contributed by atoms with E-state index in [2.05, 4.69) is 0 Å². The van der Waals surface area contributed by atoms with Crippen LogP contribution in [0.4, 0.5) is 0 Å². The molecule has 1 unspecified atom stereocenters. The van der Waals surface area contributed by atoms with Gasteiger partial charge in [0.2, 0.25) is 6.29 Å². The van der Waals surface area contributed by atoms with Crippen molar-refractivity contribution in [3.05, 3.63) is 0 Å². The molecule has 0 aliphatic carbocycles. The molecule has 1 atom stereocenters. The molecule has 2 N–H and O–H groups in total. The molecule has 0 aromatic rings. The van der Waals surface area contributed by atoms with Crippen LogP contribution < -0.4 is 0 Å². The molecule has 0 saturated heterocycles. The first-order valence-corrected chi connectivity index (χ1v) is 8.91. The molecule has 0 aliphatic rings. The molecule has 0 saturated carbocycles. The zero-order valence-electron chi connectivity index (χ0n) is 15.6. The number of esters is 2. The number of aliphatic hydroxyl groups excluding tert-OH is 2. The fourth-order valence-electron chi connectivity index (χ4n) is 2.26. The third-order valence-corrected chi connectivity index (χ3v) is 3.48. The SMILES string of the molecule is CC(=O)CC(=O)OC(CCCC(O)CCCCCO)OC(=O)CC(C)=O. The molecule has 0 rings (SSSR count). The molecule has 0 fully saturated rings. The van der Waals surface area contributed by atoms with E-state index in [4.69, 9.17) is 14.6 Å². The quantitative estimate of drug-likeness (QED) is 0.191. The van der Waals surface area contributed by atoms with E-state index in [0.717, 1.165) is 12.8 Å². The van der Waals surface area contributed by atoms with Crippen molar-refractivity contribution in [2.75, 3.05) is 6.61 Å². The predicted molar refractivity (Wildman–Crippen MR) is 92.0 cm³/mol. The molecule has 0 amide bonds. The number of ether oxygens (including phenoxy) is 2. The summed E-state index contributed by atoms with van der Waals surface area (Å²) in [6, 6.07) is 0. The molecule has 150 valence electrons. The van der Waals surface area contributed by atoms with Gasteiger partial charge in [0.1, 0.15) is 24.4 Å². The van der Waals surface area contributed by atoms with Crippen molar-refractivity contribution < 1.29 is 38.9 Å². The van der Waals surface area contributed by atoms with E-state index in [0.29, 0.717) is 25.7 Å². The second-order valence-corrected chi connectivity index (χ2v) is 6.32. The van der Waals surface area contributed by atoms with Crippen LogP contribution in [0.3, 0.4) is 0 Å². The molecule has 8 heteroatoms. The molecule has 0 aliphatic heterocycles. The standard InChI is InChI=1S/C18H30O8/c1-13(20)11-16(23)25-18(26-17(24)12-14(2)21)9-6-8-15(22)7-4-3-5-10-19/h15,18-19,22H,3-12H2,1-2H3. The summed E-state index contributed by atoms with van der Waals surface area (Å²) in [5.74, 6) is -2.35. The molecule has 0 radical (unpaired) electrons. The Bertz CT molecular complexity index is 430. The monoisotopic (exact) mass is 374 g/mol. The minimum atomic E-state index is -1.18. The number of hydrogen-bond acceptors (Lipinski definition) is 8. The zero-order valence-corrected chi connectivity index (χ0v) is 15.6. The van der Waals surface area contributed by atoms with Gasteiger partial charge < -0.3 is 19.7 Å². The maximum Gasteiger partial charge on any atom is 0.316 e. The van der Waals surface area contributed by atoms with Crippen molar-refractivity contribution in [2.45, 2.75) is 84.0 Å². The van der Waals surface area contributed by atoms with Crippen LogP contribution in [-0.2, 0) is 28.7 Å². The normalized spacial score (nSPS) is 11.9. The van der Waals surface area contributed by atoms with Gasteiger partial charge in [-0.05, 0) is 39.5 Å². The minimum Gasteiger partial charge on any atom is -0.425 e. The number of unbranched alkanes of at least 4 members (excludes halogenated alkanes) is 2. The van der Waals surface area contributed by atoms with Gasteiger partial charge in [0.15, 0.2) is 0 Å². The summed E-state index contributed by atoms with van der Waals surface area (Å²) in [5, 5.41) is 18.6. The molecule has 0 bridgehead atoms. The number of carbonyl (C=O) groups excluding carboxylic acids is 4. The van der Waals surface area contributed by atoms with Crippen molar-refractivity contribution in [2.24, 2.45) is 0 Å². The van der Waals surface area contributed by atoms with Gasteiger partial charge >= 0.3 is 11.9 Å². The van der Waals surface area contributed by atoms with Crippen molar-refractivity contribution in [3.8, 4) is 0 Å². The van der Waals surface area contributed by atoms with E-state index in [1.165, 1.54) is 13.8 Å². The molecule has 0 heterocycles. The van der Waals surface area contributed by atoms with Gasteiger partial charge in [0, 0.05) is 13.0 Å². The van der Waals surface area contributed by atoms with Crippen molar-refractivity contribution >= 4 is 23.5 Å². The lowest BCUT2D eigenvalue weighted by molar-refractivity contribution is -0.189. The lowest BCUT2D eigenvalue weighted by atomic mass is 10.1. The van der Waals surface area contributed by atoms with E-state index >= 15 is 0 Å². The van der Waals surface area contributed by atoms with Crippen LogP contribution in [0.2, 0.25) is 0 Å². The minimum absolute atomic E-state index is 0.134. The molecule has 0 spiro atoms. The Balaban J connectivity index is 4.36. The third-order valence-electron chi connectivity index (χ3n) is 3.48. The first-order chi connectivity index (χ1) is 12.2. The summed E-state index contributed by atoms with van der Waals surface area (Å²) in [7, 11) is 0. The molecule has 8 nitrogen and oxygen atoms in total. The van der Waals surface area contributed by atoms with Gasteiger partial charge in [-0.2, -0.15) is 0 Å². The number of aliphatic hydroxyl groups is 2. The van der Waals surface area contributed by atoms with Crippen molar-refractivity contribution in [1.29, 1.82) is 0 Å². The Kier molecular flexibility index (Phi) is 13.4. The highest BCUT2D eigenvalue weighted by Crippen LogP contribution is 2.14. The summed E-state index contributed by atoms with van der Waals surface area (Å²) >= 11 is 0. The largest absolute Gasteiger partial charge is 0.425 e. The highest BCUT2D eigenvalue weighted by atomic mass is 16.7. The number of rotatable bonds is 15. The van der Waals surface area contributed by atoms with E-state index < -0.39 is 37.2 Å². The number of carbonyl (C=O) groups is 4. The molecule has 26 heavy (non-hydrogen) atoms. The zero-order chi connectivity index (χ0) is 19.9. The maximum absolute atomic E-state index is 11.6. The van der Waals surface area contributed by atoms with E-state index in [1.807, 2.05) is 0 Å². The summed E-state index contributed by atoms with van der Waals surface area (Å²) in [4.78, 5) is 45.1. The van der Waals surface area contributed by atoms with Crippen molar-refractivity contribution in [1.82, 2.24) is 0 Å². The molecular formula is C18H30O8. The van der Waals surface area contributed by atoms with Gasteiger partial charge in [0.05, 0.1) is 6.10 Å². The lowest BCUT2D eigenvalue weighted by Gasteiger charge is -2.18. The van der Waals surface area contributed by atoms with E-state index in [9.17, 15) is 24.3 Å². The Labute approximate surface area is 153 Å². The highest BCUT2D eigenvalue weighted by Gasteiger charge is 2.21. The maximum atomic E-state index is 11.6. The second-order valence-electron chi connectivity index (χ2n) is 6.32. The van der Waals surface area contributed by atoms with Gasteiger partial charge in [-0.3, -0.25) is 19.2 Å². The van der Waals surface area contributed by atoms with Gasteiger partial charge in [0.25, 0.3) is 0 Å². The first-order valence-electron chi connectivity index (χ1n) is 8.91. The van der Waals surface area contributed by atoms with Gasteiger partial charge in [-0.15, -0.1) is 0 Å². The number of hydrogen-bond donors (Lipinski definition) is 2. The third kappa shape index (κ3) is 14.5. The molecule has 0 aromatic heterocycles. The van der Waals surface area contributed by atoms with Crippen LogP contribution >= 0.6 is 0 Å². The Hall–Kier alpha value is -1.80.